The van der Waals surface area contributed by atoms with Gasteiger partial charge in [0.2, 0.25) is 0 Å². The topological polar surface area (TPSA) is 72.8 Å². The van der Waals surface area contributed by atoms with Crippen molar-refractivity contribution in [3.05, 3.63) is 35.5 Å². The Bertz CT molecular complexity index is 763. The second-order valence-electron chi connectivity index (χ2n) is 9.39. The van der Waals surface area contributed by atoms with Crippen molar-refractivity contribution < 1.29 is 24.2 Å². The van der Waals surface area contributed by atoms with Gasteiger partial charge in [0, 0.05) is 24.8 Å². The van der Waals surface area contributed by atoms with Crippen LogP contribution in [0.1, 0.15) is 60.3 Å². The second-order valence-corrected chi connectivity index (χ2v) is 9.39. The molecule has 0 saturated heterocycles. The molecule has 29 heavy (non-hydrogen) atoms. The van der Waals surface area contributed by atoms with Crippen LogP contribution < -0.4 is 0 Å². The van der Waals surface area contributed by atoms with Gasteiger partial charge in [-0.25, -0.2) is 0 Å². The van der Waals surface area contributed by atoms with Crippen molar-refractivity contribution in [3.8, 4) is 0 Å². The van der Waals surface area contributed by atoms with Crippen molar-refractivity contribution in [1.29, 1.82) is 0 Å². The second kappa shape index (κ2) is 8.10. The van der Waals surface area contributed by atoms with Gasteiger partial charge < -0.3 is 14.6 Å². The molecule has 0 aromatic carbocycles. The Morgan fingerprint density at radius 1 is 1.24 bits per heavy atom. The molecule has 0 amide bonds. The standard InChI is InChI=1S/C24H34O5/c1-13-8-7-9-14(2)18-10-11-24(6)21(18)15(3)20(19(12-13)28-16(4)25)22(27)23(24)29-17(5)26/h7,9,13,18-19,21-23,27H,2,8,10-12H2,1,3-6H3/b9-7+/t13?,18-,19-,21+,22+,23-,24-/m0/s1. The lowest BCUT2D eigenvalue weighted by atomic mass is 9.60. The van der Waals surface area contributed by atoms with Crippen LogP contribution in [0.25, 0.3) is 0 Å². The number of allylic oxidation sites excluding steroid dienone is 4. The highest BCUT2D eigenvalue weighted by molar-refractivity contribution is 5.67. The molecule has 1 saturated carbocycles. The Morgan fingerprint density at radius 3 is 2.52 bits per heavy atom. The summed E-state index contributed by atoms with van der Waals surface area (Å²) in [6.45, 7) is 13.4. The summed E-state index contributed by atoms with van der Waals surface area (Å²) in [6, 6.07) is 0. The lowest BCUT2D eigenvalue weighted by molar-refractivity contribution is -0.168. The van der Waals surface area contributed by atoms with Gasteiger partial charge in [0.1, 0.15) is 18.3 Å². The summed E-state index contributed by atoms with van der Waals surface area (Å²) < 4.78 is 11.4. The van der Waals surface area contributed by atoms with E-state index in [2.05, 4.69) is 32.6 Å². The third-order valence-corrected chi connectivity index (χ3v) is 7.20. The average Bonchev–Trinajstić information content (AvgIpc) is 2.95. The number of ether oxygens (including phenoxy) is 2. The smallest absolute Gasteiger partial charge is 0.303 e. The lowest BCUT2D eigenvalue weighted by Gasteiger charge is -2.49. The first-order valence-corrected chi connectivity index (χ1v) is 10.6. The minimum atomic E-state index is -0.988. The lowest BCUT2D eigenvalue weighted by Crippen LogP contribution is -2.54. The van der Waals surface area contributed by atoms with E-state index >= 15 is 0 Å². The minimum Gasteiger partial charge on any atom is -0.459 e. The van der Waals surface area contributed by atoms with Gasteiger partial charge in [-0.1, -0.05) is 43.7 Å². The molecule has 0 aromatic heterocycles. The van der Waals surface area contributed by atoms with Crippen LogP contribution in [0.2, 0.25) is 0 Å². The quantitative estimate of drug-likeness (QED) is 0.556. The van der Waals surface area contributed by atoms with Crippen LogP contribution in [-0.2, 0) is 19.1 Å². The molecule has 5 nitrogen and oxygen atoms in total. The molecule has 0 radical (unpaired) electrons. The summed E-state index contributed by atoms with van der Waals surface area (Å²) in [5.41, 5.74) is 2.46. The molecule has 2 bridgehead atoms. The van der Waals surface area contributed by atoms with Crippen molar-refractivity contribution in [1.82, 2.24) is 0 Å². The SMILES string of the molecule is C=C1/C=C/CC(C)C[C@H](OC(C)=O)C2=C(C)[C@@H]3[C@H]1CC[C@]3(C)[C@@H](OC(C)=O)[C@@H]2O. The van der Waals surface area contributed by atoms with Gasteiger partial charge in [0.25, 0.3) is 0 Å². The first kappa shape index (κ1) is 21.8. The molecular formula is C24H34O5. The number of hydrogen-bond acceptors (Lipinski definition) is 5. The van der Waals surface area contributed by atoms with Crippen LogP contribution in [0, 0.1) is 23.2 Å². The zero-order valence-electron chi connectivity index (χ0n) is 18.2. The first-order valence-electron chi connectivity index (χ1n) is 10.6. The molecule has 3 rings (SSSR count). The molecule has 160 valence electrons. The van der Waals surface area contributed by atoms with E-state index in [9.17, 15) is 14.7 Å². The maximum atomic E-state index is 11.9. The molecule has 3 aliphatic rings. The van der Waals surface area contributed by atoms with Gasteiger partial charge in [-0.3, -0.25) is 9.59 Å². The Labute approximate surface area is 173 Å². The summed E-state index contributed by atoms with van der Waals surface area (Å²) in [5, 5.41) is 11.4. The predicted octanol–water partition coefficient (Wildman–Crippen LogP) is 4.12. The molecule has 0 aromatic rings. The Hall–Kier alpha value is -1.88. The number of rotatable bonds is 2. The van der Waals surface area contributed by atoms with Crippen LogP contribution in [0.4, 0.5) is 0 Å². The van der Waals surface area contributed by atoms with Crippen LogP contribution >= 0.6 is 0 Å². The summed E-state index contributed by atoms with van der Waals surface area (Å²) >= 11 is 0. The molecule has 7 atom stereocenters. The molecule has 5 heteroatoms. The third-order valence-electron chi connectivity index (χ3n) is 7.20. The van der Waals surface area contributed by atoms with Crippen molar-refractivity contribution in [2.45, 2.75) is 78.6 Å². The van der Waals surface area contributed by atoms with Gasteiger partial charge in [0.05, 0.1) is 0 Å². The van der Waals surface area contributed by atoms with E-state index in [1.165, 1.54) is 13.8 Å². The summed E-state index contributed by atoms with van der Waals surface area (Å²) in [4.78, 5) is 23.8. The van der Waals surface area contributed by atoms with E-state index in [0.29, 0.717) is 12.0 Å². The van der Waals surface area contributed by atoms with Crippen molar-refractivity contribution in [2.75, 3.05) is 0 Å². The molecule has 1 fully saturated rings. The van der Waals surface area contributed by atoms with E-state index in [1.807, 2.05) is 6.92 Å². The van der Waals surface area contributed by atoms with Crippen LogP contribution in [-0.4, -0.2) is 35.4 Å². The van der Waals surface area contributed by atoms with Crippen LogP contribution in [0.15, 0.2) is 35.5 Å². The van der Waals surface area contributed by atoms with Gasteiger partial charge in [-0.2, -0.15) is 0 Å². The molecular weight excluding hydrogens is 368 g/mol. The monoisotopic (exact) mass is 402 g/mol. The molecule has 1 N–H and O–H groups in total. The maximum absolute atomic E-state index is 11.9. The van der Waals surface area contributed by atoms with E-state index in [4.69, 9.17) is 9.47 Å². The molecule has 0 spiro atoms. The fourth-order valence-corrected chi connectivity index (χ4v) is 6.00. The highest BCUT2D eigenvalue weighted by Crippen LogP contribution is 2.60. The fourth-order valence-electron chi connectivity index (χ4n) is 6.00. The first-order chi connectivity index (χ1) is 13.6. The highest BCUT2D eigenvalue weighted by Gasteiger charge is 2.59. The summed E-state index contributed by atoms with van der Waals surface area (Å²) in [5.74, 6) is -0.229. The average molecular weight is 403 g/mol. The van der Waals surface area contributed by atoms with E-state index in [0.717, 1.165) is 30.4 Å². The number of carbonyl (C=O) groups is 2. The molecule has 0 aliphatic heterocycles. The van der Waals surface area contributed by atoms with Crippen LogP contribution in [0.3, 0.4) is 0 Å². The number of aliphatic hydroxyl groups is 1. The van der Waals surface area contributed by atoms with Crippen molar-refractivity contribution >= 4 is 11.9 Å². The largest absolute Gasteiger partial charge is 0.459 e. The fraction of sp³-hybridized carbons (Fsp3) is 0.667. The number of esters is 2. The van der Waals surface area contributed by atoms with Crippen LogP contribution in [0.5, 0.6) is 0 Å². The Morgan fingerprint density at radius 2 is 1.90 bits per heavy atom. The summed E-state index contributed by atoms with van der Waals surface area (Å²) in [7, 11) is 0. The number of aliphatic hydroxyl groups excluding tert-OH is 1. The zero-order chi connectivity index (χ0) is 21.5. The van der Waals surface area contributed by atoms with Gasteiger partial charge in [0.15, 0.2) is 0 Å². The normalized spacial score (nSPS) is 40.8. The molecule has 0 heterocycles. The highest BCUT2D eigenvalue weighted by atomic mass is 16.6. The summed E-state index contributed by atoms with van der Waals surface area (Å²) in [6.07, 6.45) is 5.32. The zero-order valence-corrected chi connectivity index (χ0v) is 18.2. The Balaban J connectivity index is 2.19. The molecule has 1 unspecified atom stereocenters. The van der Waals surface area contributed by atoms with Gasteiger partial charge >= 0.3 is 11.9 Å². The van der Waals surface area contributed by atoms with Gasteiger partial charge in [-0.05, 0) is 50.4 Å². The number of carbonyl (C=O) groups excluding carboxylic acids is 2. The van der Waals surface area contributed by atoms with Gasteiger partial charge in [-0.15, -0.1) is 0 Å². The van der Waals surface area contributed by atoms with E-state index in [1.54, 1.807) is 0 Å². The number of hydrogen-bond donors (Lipinski definition) is 1. The van der Waals surface area contributed by atoms with E-state index in [-0.39, 0.29) is 29.1 Å². The van der Waals surface area contributed by atoms with Crippen molar-refractivity contribution in [3.63, 3.8) is 0 Å². The maximum Gasteiger partial charge on any atom is 0.303 e. The Kier molecular flexibility index (Phi) is 6.09. The van der Waals surface area contributed by atoms with Crippen molar-refractivity contribution in [2.24, 2.45) is 23.2 Å². The molecule has 3 aliphatic carbocycles. The minimum absolute atomic E-state index is 0.0777. The third kappa shape index (κ3) is 3.94. The van der Waals surface area contributed by atoms with E-state index < -0.39 is 24.3 Å². The predicted molar refractivity (Wildman–Crippen MR) is 111 cm³/mol.